The lowest BCUT2D eigenvalue weighted by Crippen LogP contribution is -1.76. The molecule has 0 aromatic rings. The standard InChI is InChI=1S/C4H8OS2/c1-6-4-7-3-2-5/h2H,3-4H2,1H3. The van der Waals surface area contributed by atoms with Gasteiger partial charge in [0.2, 0.25) is 0 Å². The quantitative estimate of drug-likeness (QED) is 0.329. The molecule has 0 aliphatic rings. The first-order chi connectivity index (χ1) is 3.41. The van der Waals surface area contributed by atoms with E-state index in [1.807, 2.05) is 6.26 Å². The van der Waals surface area contributed by atoms with Crippen LogP contribution in [0.1, 0.15) is 0 Å². The molecule has 0 aliphatic carbocycles. The Kier molecular flexibility index (Phi) is 6.71. The largest absolute Gasteiger partial charge is 0.302 e. The van der Waals surface area contributed by atoms with Gasteiger partial charge in [-0.15, -0.1) is 11.8 Å². The second kappa shape index (κ2) is 6.37. The van der Waals surface area contributed by atoms with Crippen LogP contribution in [0, 0.1) is 0 Å². The Morgan fingerprint density at radius 2 is 2.43 bits per heavy atom. The highest BCUT2D eigenvalue weighted by molar-refractivity contribution is 8.15. The molecule has 0 rings (SSSR count). The molecule has 0 N–H and O–H groups in total. The molecule has 0 bridgehead atoms. The Hall–Kier alpha value is 0.370. The predicted octanol–water partition coefficient (Wildman–Crippen LogP) is 1.24. The van der Waals surface area contributed by atoms with Crippen LogP contribution in [0.15, 0.2) is 0 Å². The Morgan fingerprint density at radius 3 is 2.86 bits per heavy atom. The highest BCUT2D eigenvalue weighted by atomic mass is 32.2. The van der Waals surface area contributed by atoms with Crippen molar-refractivity contribution in [2.24, 2.45) is 0 Å². The van der Waals surface area contributed by atoms with Crippen LogP contribution in [-0.4, -0.2) is 23.4 Å². The minimum atomic E-state index is 0.640. The third kappa shape index (κ3) is 6.37. The predicted molar refractivity (Wildman–Crippen MR) is 36.9 cm³/mol. The monoisotopic (exact) mass is 136 g/mol. The van der Waals surface area contributed by atoms with E-state index in [-0.39, 0.29) is 0 Å². The molecule has 0 saturated heterocycles. The van der Waals surface area contributed by atoms with Gasteiger partial charge in [-0.25, -0.2) is 0 Å². The first kappa shape index (κ1) is 7.37. The number of aldehydes is 1. The molecule has 0 unspecified atom stereocenters. The lowest BCUT2D eigenvalue weighted by molar-refractivity contribution is -0.105. The Balaban J connectivity index is 2.56. The number of thioether (sulfide) groups is 2. The van der Waals surface area contributed by atoms with E-state index in [1.165, 1.54) is 0 Å². The second-order valence-corrected chi connectivity index (χ2v) is 3.21. The van der Waals surface area contributed by atoms with E-state index in [0.29, 0.717) is 5.75 Å². The highest BCUT2D eigenvalue weighted by Crippen LogP contribution is 2.05. The van der Waals surface area contributed by atoms with Crippen molar-refractivity contribution in [2.75, 3.05) is 17.1 Å². The maximum absolute atomic E-state index is 9.65. The molecule has 0 atom stereocenters. The lowest BCUT2D eigenvalue weighted by Gasteiger charge is -1.86. The van der Waals surface area contributed by atoms with E-state index in [2.05, 4.69) is 0 Å². The summed E-state index contributed by atoms with van der Waals surface area (Å²) in [5, 5.41) is 1.03. The third-order valence-corrected chi connectivity index (χ3v) is 2.37. The maximum Gasteiger partial charge on any atom is 0.129 e. The molecule has 0 saturated carbocycles. The van der Waals surface area contributed by atoms with Crippen molar-refractivity contribution in [3.05, 3.63) is 0 Å². The molecular weight excluding hydrogens is 128 g/mol. The van der Waals surface area contributed by atoms with Crippen molar-refractivity contribution in [2.45, 2.75) is 0 Å². The first-order valence-electron chi connectivity index (χ1n) is 1.92. The SMILES string of the molecule is CSCSCC=O. The summed E-state index contributed by atoms with van der Waals surface area (Å²) in [6, 6.07) is 0. The highest BCUT2D eigenvalue weighted by Gasteiger charge is 1.79. The summed E-state index contributed by atoms with van der Waals surface area (Å²) in [4.78, 5) is 9.65. The Morgan fingerprint density at radius 1 is 1.71 bits per heavy atom. The first-order valence-corrected chi connectivity index (χ1v) is 4.47. The smallest absolute Gasteiger partial charge is 0.129 e. The molecule has 0 aliphatic heterocycles. The van der Waals surface area contributed by atoms with Gasteiger partial charge in [0.05, 0.1) is 0 Å². The van der Waals surface area contributed by atoms with Crippen molar-refractivity contribution >= 4 is 29.8 Å². The van der Waals surface area contributed by atoms with Crippen LogP contribution in [0.3, 0.4) is 0 Å². The van der Waals surface area contributed by atoms with Crippen molar-refractivity contribution in [1.82, 2.24) is 0 Å². The minimum Gasteiger partial charge on any atom is -0.302 e. The summed E-state index contributed by atoms with van der Waals surface area (Å²) in [6.07, 6.45) is 2.96. The van der Waals surface area contributed by atoms with Crippen LogP contribution in [-0.2, 0) is 4.79 Å². The molecule has 0 aromatic carbocycles. The summed E-state index contributed by atoms with van der Waals surface area (Å²) in [7, 11) is 0. The van der Waals surface area contributed by atoms with Gasteiger partial charge in [0.15, 0.2) is 0 Å². The topological polar surface area (TPSA) is 17.1 Å². The minimum absolute atomic E-state index is 0.640. The van der Waals surface area contributed by atoms with Crippen molar-refractivity contribution in [3.63, 3.8) is 0 Å². The third-order valence-electron chi connectivity index (χ3n) is 0.387. The molecule has 7 heavy (non-hydrogen) atoms. The molecule has 42 valence electrons. The van der Waals surface area contributed by atoms with E-state index in [9.17, 15) is 4.79 Å². The molecular formula is C4H8OS2. The summed E-state index contributed by atoms with van der Waals surface area (Å²) in [6.45, 7) is 0. The molecule has 0 spiro atoms. The molecule has 0 aromatic heterocycles. The summed E-state index contributed by atoms with van der Waals surface area (Å²) >= 11 is 3.39. The fraction of sp³-hybridized carbons (Fsp3) is 0.750. The summed E-state index contributed by atoms with van der Waals surface area (Å²) < 4.78 is 0. The van der Waals surface area contributed by atoms with Crippen molar-refractivity contribution in [3.8, 4) is 0 Å². The van der Waals surface area contributed by atoms with E-state index >= 15 is 0 Å². The zero-order valence-corrected chi connectivity index (χ0v) is 5.85. The number of hydrogen-bond acceptors (Lipinski definition) is 3. The van der Waals surface area contributed by atoms with Gasteiger partial charge in [0.1, 0.15) is 6.29 Å². The summed E-state index contributed by atoms with van der Waals surface area (Å²) in [5.41, 5.74) is 0. The van der Waals surface area contributed by atoms with Gasteiger partial charge in [-0.2, -0.15) is 11.8 Å². The average molecular weight is 136 g/mol. The van der Waals surface area contributed by atoms with E-state index < -0.39 is 0 Å². The van der Waals surface area contributed by atoms with Gasteiger partial charge >= 0.3 is 0 Å². The van der Waals surface area contributed by atoms with Gasteiger partial charge < -0.3 is 4.79 Å². The van der Waals surface area contributed by atoms with Crippen molar-refractivity contribution in [1.29, 1.82) is 0 Å². The maximum atomic E-state index is 9.65. The Bertz CT molecular complexity index is 47.0. The molecule has 0 radical (unpaired) electrons. The molecule has 3 heteroatoms. The number of rotatable bonds is 4. The molecule has 0 fully saturated rings. The van der Waals surface area contributed by atoms with E-state index in [4.69, 9.17) is 0 Å². The normalized spacial score (nSPS) is 8.71. The van der Waals surface area contributed by atoms with Gasteiger partial charge in [-0.1, -0.05) is 0 Å². The Labute approximate surface area is 52.2 Å². The zero-order chi connectivity index (χ0) is 5.54. The van der Waals surface area contributed by atoms with E-state index in [0.717, 1.165) is 11.4 Å². The number of hydrogen-bond donors (Lipinski definition) is 0. The van der Waals surface area contributed by atoms with Crippen LogP contribution in [0.25, 0.3) is 0 Å². The van der Waals surface area contributed by atoms with Crippen LogP contribution in [0.2, 0.25) is 0 Å². The van der Waals surface area contributed by atoms with Gasteiger partial charge in [0.25, 0.3) is 0 Å². The number of carbonyl (C=O) groups excluding carboxylic acids is 1. The van der Waals surface area contributed by atoms with E-state index in [1.54, 1.807) is 23.5 Å². The summed E-state index contributed by atoms with van der Waals surface area (Å²) in [5.74, 6) is 0.640. The molecule has 0 amide bonds. The van der Waals surface area contributed by atoms with Gasteiger partial charge in [-0.3, -0.25) is 0 Å². The van der Waals surface area contributed by atoms with Gasteiger partial charge in [-0.05, 0) is 6.26 Å². The second-order valence-electron chi connectivity index (χ2n) is 0.944. The fourth-order valence-electron chi connectivity index (χ4n) is 0.180. The van der Waals surface area contributed by atoms with Gasteiger partial charge in [0, 0.05) is 10.8 Å². The average Bonchev–Trinajstić information content (AvgIpc) is 1.69. The van der Waals surface area contributed by atoms with Crippen LogP contribution >= 0.6 is 23.5 Å². The zero-order valence-electron chi connectivity index (χ0n) is 4.22. The van der Waals surface area contributed by atoms with Crippen LogP contribution in [0.5, 0.6) is 0 Å². The van der Waals surface area contributed by atoms with Crippen molar-refractivity contribution < 1.29 is 4.79 Å². The van der Waals surface area contributed by atoms with Crippen LogP contribution < -0.4 is 0 Å². The molecule has 0 heterocycles. The molecule has 1 nitrogen and oxygen atoms in total. The number of carbonyl (C=O) groups is 1. The fourth-order valence-corrected chi connectivity index (χ4v) is 1.33. The van der Waals surface area contributed by atoms with Crippen LogP contribution in [0.4, 0.5) is 0 Å². The lowest BCUT2D eigenvalue weighted by atomic mass is 10.9.